The van der Waals surface area contributed by atoms with Crippen LogP contribution in [0.4, 0.5) is 29.2 Å². The normalized spacial score (nSPS) is 22.7. The number of aliphatic hydroxyl groups is 2. The van der Waals surface area contributed by atoms with Gasteiger partial charge in [0.25, 0.3) is 11.8 Å². The highest BCUT2D eigenvalue weighted by molar-refractivity contribution is 8.04. The number of esters is 2. The quantitative estimate of drug-likeness (QED) is 0.0176. The Labute approximate surface area is 510 Å². The van der Waals surface area contributed by atoms with Gasteiger partial charge in [-0.05, 0) is 38.3 Å². The fourth-order valence-corrected chi connectivity index (χ4v) is 12.4. The molecule has 10 atom stereocenters. The highest BCUT2D eigenvalue weighted by Gasteiger charge is 2.61. The third-order valence-corrected chi connectivity index (χ3v) is 17.6. The van der Waals surface area contributed by atoms with E-state index in [1.165, 1.54) is 30.4 Å². The Hall–Kier alpha value is -5.64. The predicted molar refractivity (Wildman–Crippen MR) is 296 cm³/mol. The van der Waals surface area contributed by atoms with Crippen molar-refractivity contribution in [2.24, 2.45) is 11.8 Å². The molecular formula is C48H66F4N8O25P2S2. The summed E-state index contributed by atoms with van der Waals surface area (Å²) in [7, 11) is -10.3. The second-order valence-electron chi connectivity index (χ2n) is 20.1. The zero-order valence-corrected chi connectivity index (χ0v) is 50.7. The number of hydrogen-bond donors (Lipinski definition) is 10. The zero-order chi connectivity index (χ0) is 66.0. The number of aliphatic hydroxyl groups excluding tert-OH is 2. The average Bonchev–Trinajstić information content (AvgIpc) is 1.81. The number of halogens is 4. The van der Waals surface area contributed by atoms with Gasteiger partial charge < -0.3 is 74.7 Å². The molecule has 0 radical (unpaired) electrons. The van der Waals surface area contributed by atoms with Crippen LogP contribution in [0.3, 0.4) is 0 Å². The summed E-state index contributed by atoms with van der Waals surface area (Å²) < 4.78 is 115. The molecule has 498 valence electrons. The summed E-state index contributed by atoms with van der Waals surface area (Å²) in [6.07, 6.45) is -11.6. The molecule has 2 saturated heterocycles. The van der Waals surface area contributed by atoms with E-state index < -0.39 is 162 Å². The summed E-state index contributed by atoms with van der Waals surface area (Å²) in [6, 6.07) is 1.80. The van der Waals surface area contributed by atoms with Gasteiger partial charge in [0.2, 0.25) is 24.3 Å². The van der Waals surface area contributed by atoms with Crippen LogP contribution in [-0.4, -0.2) is 207 Å². The maximum atomic E-state index is 14.8. The molecule has 2 aliphatic heterocycles. The lowest BCUT2D eigenvalue weighted by molar-refractivity contribution is -0.147. The number of ketones is 2. The lowest BCUT2D eigenvalue weighted by Gasteiger charge is -2.37. The van der Waals surface area contributed by atoms with Crippen molar-refractivity contribution in [1.82, 2.24) is 29.7 Å². The highest BCUT2D eigenvalue weighted by atomic mass is 32.2. The van der Waals surface area contributed by atoms with Gasteiger partial charge >= 0.3 is 50.8 Å². The van der Waals surface area contributed by atoms with Crippen LogP contribution in [0, 0.1) is 11.8 Å². The molecule has 4 unspecified atom stereocenters. The van der Waals surface area contributed by atoms with E-state index in [2.05, 4.69) is 40.3 Å². The van der Waals surface area contributed by atoms with E-state index in [0.29, 0.717) is 12.2 Å². The van der Waals surface area contributed by atoms with Gasteiger partial charge in [-0.3, -0.25) is 56.5 Å². The SMILES string of the molecule is CCC(CSC1CCC1SCC(CC(=O)CCOCCC(C)=O)C(=O)NCCC(=O)OCC(=O)Nc1ccn([C@@H]2O[C@H](COP(=O)(O)O)[C@@H](O)C2(F)F)c(=O)n1)C(=O)NCCC(=O)OCC(=O)Nc1ccn([C@@H]2O[C@H](COP(=O)(O)O)[C@@H](O)C2(F)F)c(=O)n1. The first-order valence-electron chi connectivity index (χ1n) is 27.0. The summed E-state index contributed by atoms with van der Waals surface area (Å²) >= 11 is 2.98. The largest absolute Gasteiger partial charge is 0.469 e. The van der Waals surface area contributed by atoms with Gasteiger partial charge in [-0.25, -0.2) is 18.7 Å². The fourth-order valence-electron chi connectivity index (χ4n) is 8.32. The number of amides is 4. The third kappa shape index (κ3) is 23.2. The second-order valence-corrected chi connectivity index (χ2v) is 25.1. The zero-order valence-electron chi connectivity index (χ0n) is 47.3. The van der Waals surface area contributed by atoms with Gasteiger partial charge in [-0.1, -0.05) is 6.92 Å². The highest BCUT2D eigenvalue weighted by Crippen LogP contribution is 2.46. The van der Waals surface area contributed by atoms with Crippen molar-refractivity contribution in [1.29, 1.82) is 0 Å². The summed E-state index contributed by atoms with van der Waals surface area (Å²) in [6.45, 7) is -1.26. The number of carbonyl (C=O) groups is 8. The van der Waals surface area contributed by atoms with E-state index in [9.17, 15) is 84.9 Å². The minimum absolute atomic E-state index is 0.00479. The van der Waals surface area contributed by atoms with Crippen LogP contribution in [0.25, 0.3) is 0 Å². The molecule has 3 fully saturated rings. The molecule has 0 aromatic carbocycles. The van der Waals surface area contributed by atoms with E-state index in [1.807, 2.05) is 0 Å². The predicted octanol–water partition coefficient (Wildman–Crippen LogP) is -0.533. The first-order valence-corrected chi connectivity index (χ1v) is 32.1. The maximum absolute atomic E-state index is 14.8. The Morgan fingerprint density at radius 3 is 1.49 bits per heavy atom. The van der Waals surface area contributed by atoms with Crippen LogP contribution in [0.1, 0.15) is 77.7 Å². The molecule has 2 aromatic heterocycles. The molecule has 0 bridgehead atoms. The number of carbonyl (C=O) groups excluding carboxylic acids is 8. The Kier molecular flexibility index (Phi) is 28.0. The molecule has 1 saturated carbocycles. The summed E-state index contributed by atoms with van der Waals surface area (Å²) in [4.78, 5) is 168. The molecule has 0 spiro atoms. The number of Topliss-reactive ketones (excluding diaryl/α,β-unsaturated/α-hetero) is 2. The molecule has 10 N–H and O–H groups in total. The van der Waals surface area contributed by atoms with Crippen molar-refractivity contribution in [3.05, 3.63) is 45.5 Å². The fraction of sp³-hybridized carbons (Fsp3) is 0.667. The molecule has 89 heavy (non-hydrogen) atoms. The molecule has 33 nitrogen and oxygen atoms in total. The molecule has 4 amide bonds. The first-order chi connectivity index (χ1) is 41.7. The lowest BCUT2D eigenvalue weighted by Crippen LogP contribution is -2.42. The van der Waals surface area contributed by atoms with Gasteiger partial charge in [-0.2, -0.15) is 51.1 Å². The van der Waals surface area contributed by atoms with Crippen LogP contribution < -0.4 is 32.6 Å². The summed E-state index contributed by atoms with van der Waals surface area (Å²) in [5.74, 6) is -15.3. The van der Waals surface area contributed by atoms with Crippen molar-refractivity contribution in [3.8, 4) is 0 Å². The second kappa shape index (κ2) is 33.6. The third-order valence-electron chi connectivity index (χ3n) is 13.3. The summed E-state index contributed by atoms with van der Waals surface area (Å²) in [5.41, 5.74) is -2.80. The van der Waals surface area contributed by atoms with Gasteiger partial charge in [0.1, 0.15) is 35.4 Å². The van der Waals surface area contributed by atoms with Crippen LogP contribution in [-0.2, 0) is 80.2 Å². The van der Waals surface area contributed by atoms with Crippen molar-refractivity contribution >= 4 is 97.9 Å². The van der Waals surface area contributed by atoms with Crippen LogP contribution in [0.2, 0.25) is 0 Å². The van der Waals surface area contributed by atoms with Crippen molar-refractivity contribution in [2.45, 2.75) is 124 Å². The molecule has 3 aliphatic rings. The van der Waals surface area contributed by atoms with Gasteiger partial charge in [0, 0.05) is 72.7 Å². The Balaban J connectivity index is 1.02. The minimum atomic E-state index is -5.14. The number of hydrogen-bond acceptors (Lipinski definition) is 25. The van der Waals surface area contributed by atoms with Crippen LogP contribution in [0.5, 0.6) is 0 Å². The topological polar surface area (TPSA) is 475 Å². The van der Waals surface area contributed by atoms with E-state index in [0.717, 1.165) is 37.4 Å². The van der Waals surface area contributed by atoms with E-state index in [1.54, 1.807) is 6.92 Å². The minimum Gasteiger partial charge on any atom is -0.456 e. The van der Waals surface area contributed by atoms with Gasteiger partial charge in [0.15, 0.2) is 25.4 Å². The Bertz CT molecular complexity index is 3070. The smallest absolute Gasteiger partial charge is 0.456 e. The van der Waals surface area contributed by atoms with E-state index >= 15 is 0 Å². The summed E-state index contributed by atoms with van der Waals surface area (Å²) in [5, 5.41) is 29.5. The number of ether oxygens (including phenoxy) is 5. The van der Waals surface area contributed by atoms with E-state index in [-0.39, 0.29) is 94.8 Å². The number of aromatic nitrogens is 4. The van der Waals surface area contributed by atoms with Crippen molar-refractivity contribution in [3.63, 3.8) is 0 Å². The number of thioether (sulfide) groups is 2. The maximum Gasteiger partial charge on any atom is 0.469 e. The van der Waals surface area contributed by atoms with Gasteiger partial charge in [0.05, 0.1) is 45.2 Å². The number of anilines is 2. The van der Waals surface area contributed by atoms with E-state index in [4.69, 9.17) is 43.3 Å². The van der Waals surface area contributed by atoms with Crippen LogP contribution >= 0.6 is 39.2 Å². The lowest BCUT2D eigenvalue weighted by atomic mass is 9.99. The number of phosphoric acid groups is 2. The number of rotatable bonds is 37. The average molecular weight is 1360 g/mol. The Morgan fingerprint density at radius 1 is 0.685 bits per heavy atom. The number of nitrogens with one attached hydrogen (secondary N) is 4. The van der Waals surface area contributed by atoms with Crippen molar-refractivity contribution in [2.75, 3.05) is 74.9 Å². The molecule has 5 rings (SSSR count). The molecular weight excluding hydrogens is 1290 g/mol. The molecule has 4 heterocycles. The first kappa shape index (κ1) is 74.1. The van der Waals surface area contributed by atoms with Crippen LogP contribution in [0.15, 0.2) is 34.1 Å². The molecule has 1 aliphatic carbocycles. The Morgan fingerprint density at radius 2 is 1.10 bits per heavy atom. The molecule has 41 heteroatoms. The van der Waals surface area contributed by atoms with Gasteiger partial charge in [-0.15, -0.1) is 0 Å². The standard InChI is InChI=1S/C48H66F4N8O25P2S2/c1-3-26(41(69)53-12-6-37(65)80-21-35(63)55-33-8-14-59(45(71)57-33)43-47(49,50)39(67)29(84-43)19-82-86(73,74)75)23-88-31-4-5-32(31)89-24-27(18-28(62)11-17-79-16-10-25(2)61)42(70)54-13-7-38(66)81-22-36(64)56-34-9-15-60(46(72)58-34)44-48(51,52)40(68)30(85-44)20-83-87(76,77)78/h8-9,14-15,26-27,29-32,39-40,43-44,67-68H,3-7,10-13,16-24H2,1-2H3,(H,53,69)(H,54,70)(H2,73,74,75)(H2,76,77,78)(H,55,57,63,71)(H,56,58,64,72)/t26?,27?,29-,30-,31?,32?,39-,40-,43-,44-/m1/s1. The number of phosphoric ester groups is 2. The number of nitrogens with zero attached hydrogens (tertiary/aromatic N) is 4. The van der Waals surface area contributed by atoms with Crippen molar-refractivity contribution < 1.29 is 128 Å². The molecule has 2 aromatic rings. The number of alkyl halides is 4. The monoisotopic (exact) mass is 1360 g/mol.